The second-order valence-electron chi connectivity index (χ2n) is 4.87. The van der Waals surface area contributed by atoms with Crippen LogP contribution in [0.25, 0.3) is 32.9 Å². The predicted molar refractivity (Wildman–Crippen MR) is 78.1 cm³/mol. The molecule has 2 aromatic carbocycles. The standard InChI is InChI=1S/C16H13N3/c1-10-7-11(8-16-14(10)9-18-19-16)12-3-2-4-15-13(12)5-6-17-15/h2-9,17H,1H3,(H,18,19). The molecule has 2 heterocycles. The lowest BCUT2D eigenvalue weighted by Gasteiger charge is -2.06. The van der Waals surface area contributed by atoms with Crippen molar-refractivity contribution in [2.24, 2.45) is 0 Å². The summed E-state index contributed by atoms with van der Waals surface area (Å²) in [7, 11) is 0. The van der Waals surface area contributed by atoms with Crippen LogP contribution in [0.2, 0.25) is 0 Å². The van der Waals surface area contributed by atoms with E-state index in [9.17, 15) is 0 Å². The normalized spacial score (nSPS) is 11.4. The van der Waals surface area contributed by atoms with Crippen LogP contribution in [-0.4, -0.2) is 15.2 Å². The molecule has 0 fully saturated rings. The van der Waals surface area contributed by atoms with Gasteiger partial charge in [0.2, 0.25) is 0 Å². The molecule has 0 saturated carbocycles. The largest absolute Gasteiger partial charge is 0.361 e. The Bertz CT molecular complexity index is 883. The molecule has 0 spiro atoms. The molecule has 0 amide bonds. The van der Waals surface area contributed by atoms with Gasteiger partial charge in [0.25, 0.3) is 0 Å². The molecule has 4 rings (SSSR count). The summed E-state index contributed by atoms with van der Waals surface area (Å²) >= 11 is 0. The minimum absolute atomic E-state index is 1.09. The zero-order valence-electron chi connectivity index (χ0n) is 10.6. The summed E-state index contributed by atoms with van der Waals surface area (Å²) in [6.45, 7) is 2.12. The molecule has 19 heavy (non-hydrogen) atoms. The smallest absolute Gasteiger partial charge is 0.0659 e. The summed E-state index contributed by atoms with van der Waals surface area (Å²) in [4.78, 5) is 3.26. The van der Waals surface area contributed by atoms with Crippen molar-refractivity contribution in [1.29, 1.82) is 0 Å². The van der Waals surface area contributed by atoms with Gasteiger partial charge in [0.15, 0.2) is 0 Å². The van der Waals surface area contributed by atoms with E-state index >= 15 is 0 Å². The van der Waals surface area contributed by atoms with Gasteiger partial charge in [-0.2, -0.15) is 5.10 Å². The van der Waals surface area contributed by atoms with Gasteiger partial charge in [-0.05, 0) is 41.8 Å². The number of benzene rings is 2. The number of hydrogen-bond acceptors (Lipinski definition) is 1. The Kier molecular flexibility index (Phi) is 2.03. The van der Waals surface area contributed by atoms with Crippen LogP contribution in [0, 0.1) is 6.92 Å². The van der Waals surface area contributed by atoms with Crippen molar-refractivity contribution in [3.8, 4) is 11.1 Å². The number of nitrogens with zero attached hydrogens (tertiary/aromatic N) is 1. The van der Waals surface area contributed by atoms with E-state index in [0.717, 1.165) is 5.52 Å². The lowest BCUT2D eigenvalue weighted by atomic mass is 9.98. The van der Waals surface area contributed by atoms with E-state index in [0.29, 0.717) is 0 Å². The van der Waals surface area contributed by atoms with Gasteiger partial charge in [0.1, 0.15) is 0 Å². The molecule has 3 nitrogen and oxygen atoms in total. The number of H-pyrrole nitrogens is 2. The van der Waals surface area contributed by atoms with Gasteiger partial charge < -0.3 is 4.98 Å². The summed E-state index contributed by atoms with van der Waals surface area (Å²) in [5.74, 6) is 0. The first kappa shape index (κ1) is 10.4. The molecule has 0 radical (unpaired) electrons. The van der Waals surface area contributed by atoms with Gasteiger partial charge in [0, 0.05) is 22.5 Å². The van der Waals surface area contributed by atoms with Crippen LogP contribution in [-0.2, 0) is 0 Å². The quantitative estimate of drug-likeness (QED) is 0.524. The van der Waals surface area contributed by atoms with Crippen LogP contribution in [0.1, 0.15) is 5.56 Å². The van der Waals surface area contributed by atoms with Gasteiger partial charge in [-0.3, -0.25) is 5.10 Å². The van der Waals surface area contributed by atoms with E-state index < -0.39 is 0 Å². The zero-order valence-corrected chi connectivity index (χ0v) is 10.6. The number of aromatic nitrogens is 3. The van der Waals surface area contributed by atoms with Crippen LogP contribution >= 0.6 is 0 Å². The van der Waals surface area contributed by atoms with E-state index in [-0.39, 0.29) is 0 Å². The number of hydrogen-bond donors (Lipinski definition) is 2. The van der Waals surface area contributed by atoms with Crippen molar-refractivity contribution in [3.63, 3.8) is 0 Å². The molecule has 0 saturated heterocycles. The third-order valence-corrected chi connectivity index (χ3v) is 3.67. The van der Waals surface area contributed by atoms with E-state index in [1.807, 2.05) is 12.4 Å². The van der Waals surface area contributed by atoms with E-state index in [4.69, 9.17) is 0 Å². The van der Waals surface area contributed by atoms with Gasteiger partial charge in [-0.1, -0.05) is 18.2 Å². The topological polar surface area (TPSA) is 44.5 Å². The van der Waals surface area contributed by atoms with Crippen LogP contribution in [0.15, 0.2) is 48.8 Å². The molecular weight excluding hydrogens is 234 g/mol. The fraction of sp³-hybridized carbons (Fsp3) is 0.0625. The number of nitrogens with one attached hydrogen (secondary N) is 2. The molecule has 3 heteroatoms. The van der Waals surface area contributed by atoms with Crippen LogP contribution in [0.5, 0.6) is 0 Å². The fourth-order valence-electron chi connectivity index (χ4n) is 2.72. The Labute approximate surface area is 110 Å². The van der Waals surface area contributed by atoms with Crippen molar-refractivity contribution in [1.82, 2.24) is 15.2 Å². The first-order valence-corrected chi connectivity index (χ1v) is 6.33. The minimum Gasteiger partial charge on any atom is -0.361 e. The van der Waals surface area contributed by atoms with Crippen molar-refractivity contribution in [3.05, 3.63) is 54.4 Å². The highest BCUT2D eigenvalue weighted by molar-refractivity contribution is 5.97. The summed E-state index contributed by atoms with van der Waals surface area (Å²) < 4.78 is 0. The van der Waals surface area contributed by atoms with E-state index in [1.165, 1.54) is 33.0 Å². The summed E-state index contributed by atoms with van der Waals surface area (Å²) in [5.41, 5.74) is 5.97. The molecule has 4 aromatic rings. The molecule has 92 valence electrons. The first-order valence-electron chi connectivity index (χ1n) is 6.33. The maximum absolute atomic E-state index is 4.12. The van der Waals surface area contributed by atoms with Crippen LogP contribution in [0.4, 0.5) is 0 Å². The van der Waals surface area contributed by atoms with Crippen molar-refractivity contribution in [2.45, 2.75) is 6.92 Å². The lowest BCUT2D eigenvalue weighted by molar-refractivity contribution is 1.12. The van der Waals surface area contributed by atoms with Gasteiger partial charge in [-0.15, -0.1) is 0 Å². The zero-order chi connectivity index (χ0) is 12.8. The molecule has 0 aliphatic carbocycles. The molecule has 0 bridgehead atoms. The minimum atomic E-state index is 1.09. The number of rotatable bonds is 1. The summed E-state index contributed by atoms with van der Waals surface area (Å²) in [6, 6.07) is 12.8. The average molecular weight is 247 g/mol. The molecule has 0 atom stereocenters. The van der Waals surface area contributed by atoms with Crippen LogP contribution < -0.4 is 0 Å². The second-order valence-corrected chi connectivity index (χ2v) is 4.87. The first-order chi connectivity index (χ1) is 9.33. The molecule has 0 aliphatic heterocycles. The average Bonchev–Trinajstić information content (AvgIpc) is 3.06. The van der Waals surface area contributed by atoms with Gasteiger partial charge in [0.05, 0.1) is 11.7 Å². The summed E-state index contributed by atoms with van der Waals surface area (Å²) in [6.07, 6.45) is 3.86. The van der Waals surface area contributed by atoms with E-state index in [2.05, 4.69) is 58.5 Å². The van der Waals surface area contributed by atoms with Gasteiger partial charge in [-0.25, -0.2) is 0 Å². The van der Waals surface area contributed by atoms with E-state index in [1.54, 1.807) is 0 Å². The van der Waals surface area contributed by atoms with Crippen LogP contribution in [0.3, 0.4) is 0 Å². The monoisotopic (exact) mass is 247 g/mol. The SMILES string of the molecule is Cc1cc(-c2cccc3[nH]ccc23)cc2[nH]ncc12. The third kappa shape index (κ3) is 1.48. The maximum atomic E-state index is 4.12. The van der Waals surface area contributed by atoms with Crippen molar-refractivity contribution in [2.75, 3.05) is 0 Å². The highest BCUT2D eigenvalue weighted by Gasteiger charge is 2.08. The fourth-order valence-corrected chi connectivity index (χ4v) is 2.72. The second kappa shape index (κ2) is 3.72. The Morgan fingerprint density at radius 1 is 1.00 bits per heavy atom. The maximum Gasteiger partial charge on any atom is 0.0659 e. The third-order valence-electron chi connectivity index (χ3n) is 3.67. The Balaban J connectivity index is 2.06. The molecule has 2 aromatic heterocycles. The summed E-state index contributed by atoms with van der Waals surface area (Å²) in [5, 5.41) is 9.61. The molecule has 0 unspecified atom stereocenters. The van der Waals surface area contributed by atoms with Crippen molar-refractivity contribution < 1.29 is 0 Å². The Hall–Kier alpha value is -2.55. The molecule has 0 aliphatic rings. The molecule has 2 N–H and O–H groups in total. The predicted octanol–water partition coefficient (Wildman–Crippen LogP) is 4.02. The number of aryl methyl sites for hydroxylation is 1. The Morgan fingerprint density at radius 3 is 2.89 bits per heavy atom. The van der Waals surface area contributed by atoms with Gasteiger partial charge >= 0.3 is 0 Å². The number of aromatic amines is 2. The highest BCUT2D eigenvalue weighted by Crippen LogP contribution is 2.31. The number of fused-ring (bicyclic) bond motifs is 2. The lowest BCUT2D eigenvalue weighted by Crippen LogP contribution is -1.83. The Morgan fingerprint density at radius 2 is 1.95 bits per heavy atom. The molecular formula is C16H13N3. The van der Waals surface area contributed by atoms with Crippen molar-refractivity contribution >= 4 is 21.8 Å². The highest BCUT2D eigenvalue weighted by atomic mass is 15.1.